The highest BCUT2D eigenvalue weighted by Gasteiger charge is 2.23. The fourth-order valence-electron chi connectivity index (χ4n) is 1.79. The van der Waals surface area contributed by atoms with E-state index < -0.39 is 21.5 Å². The highest BCUT2D eigenvalue weighted by atomic mass is 32.2. The molecule has 1 N–H and O–H groups in total. The first kappa shape index (κ1) is 30.1. The van der Waals surface area contributed by atoms with E-state index in [1.807, 2.05) is 0 Å². The maximum atomic E-state index is 12.4. The molecule has 0 unspecified atom stereocenters. The monoisotopic (exact) mass is 451 g/mol. The third-order valence-corrected chi connectivity index (χ3v) is 4.73. The smallest absolute Gasteiger partial charge is 0.242 e. The van der Waals surface area contributed by atoms with Gasteiger partial charge < -0.3 is 4.74 Å². The molecule has 5 nitrogen and oxygen atoms in total. The molecule has 30 heavy (non-hydrogen) atoms. The van der Waals surface area contributed by atoms with Gasteiger partial charge in [-0.1, -0.05) is 12.7 Å². The van der Waals surface area contributed by atoms with Crippen molar-refractivity contribution in [1.82, 2.24) is 4.72 Å². The number of Topliss-reactive ketones (excluding diaryl/α,β-unsaturated/α-hetero) is 1. The van der Waals surface area contributed by atoms with Crippen LogP contribution in [-0.4, -0.2) is 39.4 Å². The summed E-state index contributed by atoms with van der Waals surface area (Å²) in [5, 5.41) is 0. The van der Waals surface area contributed by atoms with Gasteiger partial charge in [0, 0.05) is 11.1 Å². The Morgan fingerprint density at radius 2 is 1.70 bits per heavy atom. The minimum Gasteiger partial charge on any atom is -0.488 e. The number of alkyl halides is 3. The molecule has 0 amide bonds. The van der Waals surface area contributed by atoms with Gasteiger partial charge in [0.25, 0.3) is 0 Å². The predicted molar refractivity (Wildman–Crippen MR) is 114 cm³/mol. The molecule has 1 aliphatic rings. The number of nitrogens with one attached hydrogen (secondary N) is 1. The summed E-state index contributed by atoms with van der Waals surface area (Å²) in [4.78, 5) is 11.5. The molecule has 172 valence electrons. The number of halogens is 3. The second-order valence-corrected chi connectivity index (χ2v) is 9.19. The lowest BCUT2D eigenvalue weighted by atomic mass is 10.1. The molecule has 0 fully saturated rings. The Morgan fingerprint density at radius 1 is 1.23 bits per heavy atom. The van der Waals surface area contributed by atoms with E-state index in [9.17, 15) is 26.4 Å². The van der Waals surface area contributed by atoms with E-state index >= 15 is 0 Å². The van der Waals surface area contributed by atoms with Crippen LogP contribution in [0.2, 0.25) is 0 Å². The summed E-state index contributed by atoms with van der Waals surface area (Å²) in [6.07, 6.45) is 4.46. The third-order valence-electron chi connectivity index (χ3n) is 2.87. The summed E-state index contributed by atoms with van der Waals surface area (Å²) in [5.74, 6) is -2.36. The molecule has 1 aliphatic heterocycles. The summed E-state index contributed by atoms with van der Waals surface area (Å²) in [6, 6.07) is 0. The molecule has 0 atom stereocenters. The summed E-state index contributed by atoms with van der Waals surface area (Å²) in [5.41, 5.74) is 3.07. The highest BCUT2D eigenvalue weighted by molar-refractivity contribution is 7.93. The zero-order chi connectivity index (χ0) is 24.3. The van der Waals surface area contributed by atoms with Crippen molar-refractivity contribution in [2.24, 2.45) is 0 Å². The second kappa shape index (κ2) is 12.6. The van der Waals surface area contributed by atoms with Crippen LogP contribution >= 0.6 is 0 Å². The summed E-state index contributed by atoms with van der Waals surface area (Å²) in [7, 11) is -3.18. The number of ether oxygens (including phenoxy) is 1. The van der Waals surface area contributed by atoms with Crippen LogP contribution in [0.25, 0.3) is 0 Å². The molecule has 1 rings (SSSR count). The van der Waals surface area contributed by atoms with E-state index in [1.54, 1.807) is 27.7 Å². The number of hydrogen-bond acceptors (Lipinski definition) is 4. The summed E-state index contributed by atoms with van der Waals surface area (Å²) >= 11 is 0. The topological polar surface area (TPSA) is 72.5 Å². The van der Waals surface area contributed by atoms with E-state index in [1.165, 1.54) is 25.2 Å². The van der Waals surface area contributed by atoms with Gasteiger partial charge in [-0.15, -0.1) is 5.73 Å². The molecule has 0 aromatic carbocycles. The van der Waals surface area contributed by atoms with Gasteiger partial charge in [-0.3, -0.25) is 9.18 Å². The summed E-state index contributed by atoms with van der Waals surface area (Å²) < 4.78 is 64.4. The van der Waals surface area contributed by atoms with E-state index in [2.05, 4.69) is 17.0 Å². The fraction of sp³-hybridized carbons (Fsp3) is 0.524. The number of allylic oxidation sites excluding steroid dienone is 3. The summed E-state index contributed by atoms with van der Waals surface area (Å²) in [6.45, 7) is 13.9. The SMILES string of the molecule is C=C1OCC(C(C)=O)=C=C/C1=C/C(=C\C)S(=O)(=O)NC(C)(C)C.CC(C)(F)F.CF. The minimum absolute atomic E-state index is 0.0696. The standard InChI is InChI=1S/C17H23NO4S.C3H6F2.CH3F/c1-7-16(23(20,21)18-17(4,5)6)10-14-8-9-15(12(2)19)11-22-13(14)3;1-3(2,4)5;1-2/h7-8,10,18H,3,11H2,1-2,4-6H3;1-2H3;1H3/b14-10-,16-7+;;. The Bertz CT molecular complexity index is 830. The number of hydrogen-bond donors (Lipinski definition) is 1. The first-order chi connectivity index (χ1) is 13.5. The van der Waals surface area contributed by atoms with Gasteiger partial charge >= 0.3 is 0 Å². The second-order valence-electron chi connectivity index (χ2n) is 7.51. The van der Waals surface area contributed by atoms with E-state index in [4.69, 9.17) is 4.74 Å². The average molecular weight is 452 g/mol. The van der Waals surface area contributed by atoms with Gasteiger partial charge in [0.15, 0.2) is 5.78 Å². The Hall–Kier alpha value is -2.09. The third kappa shape index (κ3) is 14.0. The molecular weight excluding hydrogens is 419 g/mol. The quantitative estimate of drug-likeness (QED) is 0.611. The van der Waals surface area contributed by atoms with Crippen LogP contribution in [0.1, 0.15) is 48.5 Å². The molecule has 0 aromatic rings. The predicted octanol–water partition coefficient (Wildman–Crippen LogP) is 5.00. The number of carbonyl (C=O) groups is 1. The van der Waals surface area contributed by atoms with Crippen molar-refractivity contribution >= 4 is 15.8 Å². The zero-order valence-corrected chi connectivity index (χ0v) is 19.6. The highest BCUT2D eigenvalue weighted by Crippen LogP contribution is 2.21. The van der Waals surface area contributed by atoms with Gasteiger partial charge in [0.05, 0.1) is 17.7 Å². The van der Waals surface area contributed by atoms with Gasteiger partial charge in [-0.05, 0) is 60.6 Å². The number of rotatable bonds is 4. The maximum Gasteiger partial charge on any atom is 0.242 e. The van der Waals surface area contributed by atoms with Crippen LogP contribution in [0, 0.1) is 0 Å². The average Bonchev–Trinajstić information content (AvgIpc) is 2.72. The van der Waals surface area contributed by atoms with E-state index in [0.29, 0.717) is 24.1 Å². The van der Waals surface area contributed by atoms with Crippen molar-refractivity contribution in [3.8, 4) is 0 Å². The molecule has 0 aliphatic carbocycles. The van der Waals surface area contributed by atoms with Crippen LogP contribution in [0.15, 0.2) is 52.3 Å². The van der Waals surface area contributed by atoms with Crippen LogP contribution in [0.5, 0.6) is 0 Å². The van der Waals surface area contributed by atoms with Crippen molar-refractivity contribution in [3.05, 3.63) is 52.3 Å². The molecule has 0 saturated carbocycles. The minimum atomic E-state index is -3.68. The van der Waals surface area contributed by atoms with Crippen molar-refractivity contribution in [3.63, 3.8) is 0 Å². The van der Waals surface area contributed by atoms with Crippen molar-refractivity contribution < 1.29 is 31.1 Å². The fourth-order valence-corrected chi connectivity index (χ4v) is 3.30. The van der Waals surface area contributed by atoms with Gasteiger partial charge in [-0.25, -0.2) is 21.9 Å². The molecule has 0 saturated heterocycles. The Kier molecular flexibility index (Phi) is 12.6. The molecule has 0 aromatic heterocycles. The molecule has 1 heterocycles. The lowest BCUT2D eigenvalue weighted by molar-refractivity contribution is -0.114. The first-order valence-corrected chi connectivity index (χ1v) is 10.4. The lowest BCUT2D eigenvalue weighted by Crippen LogP contribution is -2.40. The molecular formula is C21H32F3NO4S. The van der Waals surface area contributed by atoms with Crippen LogP contribution < -0.4 is 4.72 Å². The Balaban J connectivity index is 0. The van der Waals surface area contributed by atoms with Gasteiger partial charge in [-0.2, -0.15) is 0 Å². The van der Waals surface area contributed by atoms with Gasteiger partial charge in [0.1, 0.15) is 12.4 Å². The van der Waals surface area contributed by atoms with Crippen molar-refractivity contribution in [1.29, 1.82) is 0 Å². The normalized spacial score (nSPS) is 16.4. The maximum absolute atomic E-state index is 12.4. The number of ketones is 1. The largest absolute Gasteiger partial charge is 0.488 e. The Labute approximate surface area is 178 Å². The molecule has 0 spiro atoms. The van der Waals surface area contributed by atoms with Crippen LogP contribution in [0.4, 0.5) is 13.2 Å². The zero-order valence-electron chi connectivity index (χ0n) is 18.8. The van der Waals surface area contributed by atoms with Crippen molar-refractivity contribution in [2.75, 3.05) is 13.8 Å². The van der Waals surface area contributed by atoms with E-state index in [0.717, 1.165) is 13.8 Å². The van der Waals surface area contributed by atoms with E-state index in [-0.39, 0.29) is 17.3 Å². The number of sulfonamides is 1. The molecule has 9 heteroatoms. The lowest BCUT2D eigenvalue weighted by Gasteiger charge is -2.21. The molecule has 0 bridgehead atoms. The number of carbonyl (C=O) groups excluding carboxylic acids is 1. The van der Waals surface area contributed by atoms with Crippen molar-refractivity contribution in [2.45, 2.75) is 59.9 Å². The van der Waals surface area contributed by atoms with Gasteiger partial charge in [0.2, 0.25) is 15.9 Å². The van der Waals surface area contributed by atoms with Crippen LogP contribution in [0.3, 0.4) is 0 Å². The Morgan fingerprint density at radius 3 is 2.07 bits per heavy atom. The molecule has 0 radical (unpaired) electrons. The van der Waals surface area contributed by atoms with Crippen LogP contribution in [-0.2, 0) is 19.6 Å². The first-order valence-electron chi connectivity index (χ1n) is 8.92.